The van der Waals surface area contributed by atoms with Crippen LogP contribution in [0.3, 0.4) is 0 Å². The average molecular weight is 165 g/mol. The minimum Gasteiger partial charge on any atom is -0.469 e. The average Bonchev–Trinajstić information content (AvgIpc) is 2.57. The quantitative estimate of drug-likeness (QED) is 0.515. The van der Waals surface area contributed by atoms with Gasteiger partial charge in [0.05, 0.1) is 6.26 Å². The van der Waals surface area contributed by atoms with Crippen molar-refractivity contribution in [1.29, 1.82) is 0 Å². The van der Waals surface area contributed by atoms with Crippen molar-refractivity contribution in [2.75, 3.05) is 13.1 Å². The molecule has 0 fully saturated rings. The molecule has 1 heterocycles. The zero-order chi connectivity index (χ0) is 8.65. The number of hydrogen-bond acceptors (Lipinski definition) is 2. The van der Waals surface area contributed by atoms with Crippen LogP contribution in [0.4, 0.5) is 0 Å². The molecule has 0 spiro atoms. The van der Waals surface area contributed by atoms with Gasteiger partial charge in [0, 0.05) is 13.0 Å². The molecule has 1 aromatic rings. The fraction of sp³-hybridized carbons (Fsp3) is 0.400. The van der Waals surface area contributed by atoms with Crippen LogP contribution in [0.5, 0.6) is 0 Å². The van der Waals surface area contributed by atoms with Gasteiger partial charge in [-0.05, 0) is 25.1 Å². The maximum Gasteiger partial charge on any atom is 0.105 e. The second kappa shape index (κ2) is 5.61. The van der Waals surface area contributed by atoms with Crippen molar-refractivity contribution >= 4 is 0 Å². The van der Waals surface area contributed by atoms with Gasteiger partial charge >= 0.3 is 0 Å². The standard InChI is InChI=1S/C10H15NO/c1-2-3-7-11-8-6-10-5-4-9-12-10/h2,4-5,9,11H,1,3,6-8H2. The first-order chi connectivity index (χ1) is 5.93. The summed E-state index contributed by atoms with van der Waals surface area (Å²) in [5, 5.41) is 3.29. The highest BCUT2D eigenvalue weighted by Crippen LogP contribution is 1.99. The summed E-state index contributed by atoms with van der Waals surface area (Å²) in [5.41, 5.74) is 0. The summed E-state index contributed by atoms with van der Waals surface area (Å²) in [7, 11) is 0. The van der Waals surface area contributed by atoms with Gasteiger partial charge in [0.15, 0.2) is 0 Å². The molecule has 12 heavy (non-hydrogen) atoms. The molecule has 2 heteroatoms. The number of hydrogen-bond donors (Lipinski definition) is 1. The molecular formula is C10H15NO. The fourth-order valence-electron chi connectivity index (χ4n) is 0.996. The van der Waals surface area contributed by atoms with Crippen LogP contribution in [-0.2, 0) is 6.42 Å². The van der Waals surface area contributed by atoms with Crippen LogP contribution >= 0.6 is 0 Å². The summed E-state index contributed by atoms with van der Waals surface area (Å²) in [6.45, 7) is 5.63. The van der Waals surface area contributed by atoms with E-state index in [0.717, 1.165) is 31.7 Å². The molecule has 0 aliphatic heterocycles. The molecule has 66 valence electrons. The van der Waals surface area contributed by atoms with Crippen LogP contribution in [0.25, 0.3) is 0 Å². The van der Waals surface area contributed by atoms with Gasteiger partial charge in [-0.3, -0.25) is 0 Å². The van der Waals surface area contributed by atoms with Crippen molar-refractivity contribution in [2.24, 2.45) is 0 Å². The van der Waals surface area contributed by atoms with E-state index in [1.807, 2.05) is 18.2 Å². The summed E-state index contributed by atoms with van der Waals surface area (Å²) in [6, 6.07) is 3.91. The van der Waals surface area contributed by atoms with E-state index in [-0.39, 0.29) is 0 Å². The highest BCUT2D eigenvalue weighted by molar-refractivity contribution is 4.98. The predicted octanol–water partition coefficient (Wildman–Crippen LogP) is 1.99. The Hall–Kier alpha value is -1.02. The molecule has 2 nitrogen and oxygen atoms in total. The summed E-state index contributed by atoms with van der Waals surface area (Å²) in [4.78, 5) is 0. The van der Waals surface area contributed by atoms with Crippen molar-refractivity contribution in [3.8, 4) is 0 Å². The van der Waals surface area contributed by atoms with Crippen LogP contribution in [0, 0.1) is 0 Å². The molecule has 0 amide bonds. The van der Waals surface area contributed by atoms with Gasteiger partial charge in [0.1, 0.15) is 5.76 Å². The molecule has 0 aliphatic rings. The van der Waals surface area contributed by atoms with Gasteiger partial charge in [0.2, 0.25) is 0 Å². The molecule has 0 atom stereocenters. The molecule has 0 radical (unpaired) electrons. The van der Waals surface area contributed by atoms with Crippen LogP contribution in [-0.4, -0.2) is 13.1 Å². The van der Waals surface area contributed by atoms with E-state index in [4.69, 9.17) is 4.42 Å². The zero-order valence-corrected chi connectivity index (χ0v) is 7.25. The molecule has 0 unspecified atom stereocenters. The maximum absolute atomic E-state index is 5.18. The van der Waals surface area contributed by atoms with E-state index < -0.39 is 0 Å². The Morgan fingerprint density at radius 2 is 2.42 bits per heavy atom. The summed E-state index contributed by atoms with van der Waals surface area (Å²) in [5.74, 6) is 1.04. The van der Waals surface area contributed by atoms with Crippen LogP contribution < -0.4 is 5.32 Å². The highest BCUT2D eigenvalue weighted by Gasteiger charge is 1.93. The SMILES string of the molecule is C=CCCNCCc1ccco1. The van der Waals surface area contributed by atoms with Crippen molar-refractivity contribution in [3.05, 3.63) is 36.8 Å². The molecule has 1 N–H and O–H groups in total. The molecule has 1 rings (SSSR count). The Labute approximate surface area is 73.3 Å². The fourth-order valence-corrected chi connectivity index (χ4v) is 0.996. The lowest BCUT2D eigenvalue weighted by Crippen LogP contribution is -2.17. The molecule has 0 saturated heterocycles. The Bertz CT molecular complexity index is 204. The topological polar surface area (TPSA) is 25.2 Å². The van der Waals surface area contributed by atoms with Crippen molar-refractivity contribution in [3.63, 3.8) is 0 Å². The monoisotopic (exact) mass is 165 g/mol. The Kier molecular flexibility index (Phi) is 4.24. The number of rotatable bonds is 6. The minimum atomic E-state index is 0.962. The molecule has 0 saturated carbocycles. The summed E-state index contributed by atoms with van der Waals surface area (Å²) in [6.07, 6.45) is 5.61. The van der Waals surface area contributed by atoms with Gasteiger partial charge < -0.3 is 9.73 Å². The summed E-state index contributed by atoms with van der Waals surface area (Å²) >= 11 is 0. The lowest BCUT2D eigenvalue weighted by Gasteiger charge is -1.99. The van der Waals surface area contributed by atoms with E-state index >= 15 is 0 Å². The van der Waals surface area contributed by atoms with Crippen molar-refractivity contribution in [2.45, 2.75) is 12.8 Å². The number of nitrogens with one attached hydrogen (secondary N) is 1. The highest BCUT2D eigenvalue weighted by atomic mass is 16.3. The molecular weight excluding hydrogens is 150 g/mol. The van der Waals surface area contributed by atoms with Crippen LogP contribution in [0.2, 0.25) is 0 Å². The summed E-state index contributed by atoms with van der Waals surface area (Å²) < 4.78 is 5.18. The van der Waals surface area contributed by atoms with E-state index in [0.29, 0.717) is 0 Å². The van der Waals surface area contributed by atoms with Gasteiger partial charge in [-0.25, -0.2) is 0 Å². The Morgan fingerprint density at radius 1 is 1.50 bits per heavy atom. The number of furan rings is 1. The first-order valence-corrected chi connectivity index (χ1v) is 4.27. The molecule has 0 aliphatic carbocycles. The zero-order valence-electron chi connectivity index (χ0n) is 7.25. The van der Waals surface area contributed by atoms with E-state index in [1.54, 1.807) is 6.26 Å². The van der Waals surface area contributed by atoms with Crippen molar-refractivity contribution < 1.29 is 4.42 Å². The minimum absolute atomic E-state index is 0.962. The third-order valence-electron chi connectivity index (χ3n) is 1.65. The van der Waals surface area contributed by atoms with E-state index in [9.17, 15) is 0 Å². The van der Waals surface area contributed by atoms with Gasteiger partial charge in [-0.2, -0.15) is 0 Å². The normalized spacial score (nSPS) is 10.0. The van der Waals surface area contributed by atoms with E-state index in [1.165, 1.54) is 0 Å². The van der Waals surface area contributed by atoms with Gasteiger partial charge in [-0.1, -0.05) is 6.08 Å². The largest absolute Gasteiger partial charge is 0.469 e. The second-order valence-corrected chi connectivity index (χ2v) is 2.66. The molecule has 0 bridgehead atoms. The maximum atomic E-state index is 5.18. The van der Waals surface area contributed by atoms with Crippen LogP contribution in [0.15, 0.2) is 35.5 Å². The first-order valence-electron chi connectivity index (χ1n) is 4.27. The lowest BCUT2D eigenvalue weighted by molar-refractivity contribution is 0.499. The molecule has 0 aromatic carbocycles. The van der Waals surface area contributed by atoms with Crippen LogP contribution in [0.1, 0.15) is 12.2 Å². The first kappa shape index (κ1) is 9.07. The third kappa shape index (κ3) is 3.39. The second-order valence-electron chi connectivity index (χ2n) is 2.66. The smallest absolute Gasteiger partial charge is 0.105 e. The van der Waals surface area contributed by atoms with E-state index in [2.05, 4.69) is 11.9 Å². The van der Waals surface area contributed by atoms with Crippen molar-refractivity contribution in [1.82, 2.24) is 5.32 Å². The third-order valence-corrected chi connectivity index (χ3v) is 1.65. The molecule has 1 aromatic heterocycles. The Morgan fingerprint density at radius 3 is 3.08 bits per heavy atom. The van der Waals surface area contributed by atoms with Gasteiger partial charge in [-0.15, -0.1) is 6.58 Å². The van der Waals surface area contributed by atoms with Gasteiger partial charge in [0.25, 0.3) is 0 Å². The Balaban J connectivity index is 2.00. The lowest BCUT2D eigenvalue weighted by atomic mass is 10.3. The predicted molar refractivity (Wildman–Crippen MR) is 50.1 cm³/mol.